The second kappa shape index (κ2) is 10.4. The van der Waals surface area contributed by atoms with Crippen molar-refractivity contribution in [3.05, 3.63) is 11.1 Å². The number of carboxylic acid groups (broad SMARTS) is 2. The predicted octanol–water partition coefficient (Wildman–Crippen LogP) is 2.39. The highest BCUT2D eigenvalue weighted by molar-refractivity contribution is 5.98. The molecule has 0 aliphatic carbocycles. The molecule has 0 saturated carbocycles. The number of carbonyl (C=O) groups is 2. The summed E-state index contributed by atoms with van der Waals surface area (Å²) in [6.07, 6.45) is 3.24. The lowest BCUT2D eigenvalue weighted by atomic mass is 9.94. The summed E-state index contributed by atoms with van der Waals surface area (Å²) in [6, 6.07) is 0. The monoisotopic (exact) mass is 327 g/mol. The number of carboxylic acids is 2. The summed E-state index contributed by atoms with van der Waals surface area (Å²) >= 11 is 0. The van der Waals surface area contributed by atoms with Crippen molar-refractivity contribution in [3.8, 4) is 0 Å². The fourth-order valence-electron chi connectivity index (χ4n) is 2.77. The molecule has 1 rings (SSSR count). The molecule has 6 heteroatoms. The lowest BCUT2D eigenvalue weighted by molar-refractivity contribution is -0.136. The Morgan fingerprint density at radius 1 is 1.00 bits per heavy atom. The summed E-state index contributed by atoms with van der Waals surface area (Å²) in [5.41, 5.74) is 0.123. The number of unbranched alkanes of at least 4 members (excludes halogenated alkanes) is 2. The van der Waals surface area contributed by atoms with Crippen LogP contribution in [0.15, 0.2) is 11.1 Å². The molecule has 0 bridgehead atoms. The van der Waals surface area contributed by atoms with Crippen LogP contribution in [0, 0.1) is 5.92 Å². The summed E-state index contributed by atoms with van der Waals surface area (Å²) in [5.74, 6) is -2.09. The zero-order valence-electron chi connectivity index (χ0n) is 14.2. The number of nitrogens with zero attached hydrogens (tertiary/aromatic N) is 1. The van der Waals surface area contributed by atoms with Gasteiger partial charge in [-0.25, -0.2) is 9.59 Å². The summed E-state index contributed by atoms with van der Waals surface area (Å²) < 4.78 is 5.30. The van der Waals surface area contributed by atoms with Crippen LogP contribution in [0.5, 0.6) is 0 Å². The van der Waals surface area contributed by atoms with Gasteiger partial charge >= 0.3 is 11.9 Å². The zero-order valence-corrected chi connectivity index (χ0v) is 14.2. The maximum atomic E-state index is 11.4. The van der Waals surface area contributed by atoms with Crippen LogP contribution in [0.25, 0.3) is 0 Å². The highest BCUT2D eigenvalue weighted by Crippen LogP contribution is 2.21. The molecule has 1 saturated heterocycles. The first-order chi connectivity index (χ1) is 10.9. The lowest BCUT2D eigenvalue weighted by Crippen LogP contribution is -2.36. The first-order valence-electron chi connectivity index (χ1n) is 8.40. The van der Waals surface area contributed by atoms with Gasteiger partial charge in [-0.2, -0.15) is 0 Å². The Balaban J connectivity index is 2.45. The van der Waals surface area contributed by atoms with Crippen molar-refractivity contribution in [1.29, 1.82) is 0 Å². The summed E-state index contributed by atoms with van der Waals surface area (Å²) in [6.45, 7) is 8.25. The quantitative estimate of drug-likeness (QED) is 0.473. The second-order valence-corrected chi connectivity index (χ2v) is 6.43. The van der Waals surface area contributed by atoms with Crippen molar-refractivity contribution in [2.75, 3.05) is 32.8 Å². The molecular weight excluding hydrogens is 298 g/mol. The Hall–Kier alpha value is -1.40. The van der Waals surface area contributed by atoms with E-state index in [4.69, 9.17) is 4.74 Å². The van der Waals surface area contributed by atoms with Gasteiger partial charge in [0.2, 0.25) is 0 Å². The standard InChI is InChI=1S/C17H29NO5/c1-13(2)12-15(17(21)22)14(16(19)20)6-4-3-5-7-18-8-10-23-11-9-18/h13H,3-12H2,1-2H3,(H,19,20)(H,21,22)/b15-14+. The van der Waals surface area contributed by atoms with Gasteiger partial charge in [0.25, 0.3) is 0 Å². The van der Waals surface area contributed by atoms with Crippen LogP contribution < -0.4 is 0 Å². The van der Waals surface area contributed by atoms with E-state index in [9.17, 15) is 19.8 Å². The summed E-state index contributed by atoms with van der Waals surface area (Å²) in [5, 5.41) is 18.6. The van der Waals surface area contributed by atoms with Crippen LogP contribution in [0.2, 0.25) is 0 Å². The fraction of sp³-hybridized carbons (Fsp3) is 0.765. The Labute approximate surface area is 138 Å². The van der Waals surface area contributed by atoms with Gasteiger partial charge in [0.1, 0.15) is 0 Å². The summed E-state index contributed by atoms with van der Waals surface area (Å²) in [4.78, 5) is 25.1. The van der Waals surface area contributed by atoms with Crippen LogP contribution in [0.1, 0.15) is 46.0 Å². The van der Waals surface area contributed by atoms with Gasteiger partial charge in [-0.1, -0.05) is 20.3 Å². The molecule has 132 valence electrons. The highest BCUT2D eigenvalue weighted by Gasteiger charge is 2.20. The molecule has 0 unspecified atom stereocenters. The molecular formula is C17H29NO5. The van der Waals surface area contributed by atoms with Crippen molar-refractivity contribution in [2.24, 2.45) is 5.92 Å². The van der Waals surface area contributed by atoms with Gasteiger partial charge < -0.3 is 14.9 Å². The zero-order chi connectivity index (χ0) is 17.2. The number of ether oxygens (including phenoxy) is 1. The SMILES string of the molecule is CC(C)C/C(C(=O)O)=C(/CCCCCN1CCOCC1)C(=O)O. The average molecular weight is 327 g/mol. The van der Waals surface area contributed by atoms with Gasteiger partial charge in [-0.15, -0.1) is 0 Å². The third-order valence-electron chi connectivity index (χ3n) is 4.00. The number of morpholine rings is 1. The largest absolute Gasteiger partial charge is 0.478 e. The molecule has 0 radical (unpaired) electrons. The molecule has 1 fully saturated rings. The normalized spacial score (nSPS) is 17.2. The van der Waals surface area contributed by atoms with Crippen molar-refractivity contribution in [3.63, 3.8) is 0 Å². The smallest absolute Gasteiger partial charge is 0.332 e. The van der Waals surface area contributed by atoms with Gasteiger partial charge in [0, 0.05) is 24.2 Å². The van der Waals surface area contributed by atoms with Gasteiger partial charge in [0.05, 0.1) is 13.2 Å². The van der Waals surface area contributed by atoms with Crippen molar-refractivity contribution >= 4 is 11.9 Å². The maximum Gasteiger partial charge on any atom is 0.332 e. The van der Waals surface area contributed by atoms with Crippen LogP contribution >= 0.6 is 0 Å². The highest BCUT2D eigenvalue weighted by atomic mass is 16.5. The summed E-state index contributed by atoms with van der Waals surface area (Å²) in [7, 11) is 0. The number of hydrogen-bond donors (Lipinski definition) is 2. The molecule has 0 spiro atoms. The minimum Gasteiger partial charge on any atom is -0.478 e. The maximum absolute atomic E-state index is 11.4. The molecule has 0 atom stereocenters. The molecule has 1 heterocycles. The van der Waals surface area contributed by atoms with Crippen LogP contribution in [0.4, 0.5) is 0 Å². The molecule has 0 aromatic heterocycles. The van der Waals surface area contributed by atoms with E-state index >= 15 is 0 Å². The molecule has 0 aromatic rings. The average Bonchev–Trinajstić information content (AvgIpc) is 2.49. The molecule has 1 aliphatic rings. The van der Waals surface area contributed by atoms with Crippen molar-refractivity contribution in [2.45, 2.75) is 46.0 Å². The van der Waals surface area contributed by atoms with Crippen molar-refractivity contribution in [1.82, 2.24) is 4.90 Å². The minimum absolute atomic E-state index is 0.0562. The molecule has 0 amide bonds. The van der Waals surface area contributed by atoms with Crippen LogP contribution in [0.3, 0.4) is 0 Å². The Morgan fingerprint density at radius 3 is 2.13 bits per heavy atom. The molecule has 2 N–H and O–H groups in total. The van der Waals surface area contributed by atoms with Crippen molar-refractivity contribution < 1.29 is 24.5 Å². The topological polar surface area (TPSA) is 87.1 Å². The fourth-order valence-corrected chi connectivity index (χ4v) is 2.77. The number of hydrogen-bond acceptors (Lipinski definition) is 4. The third kappa shape index (κ3) is 7.61. The van der Waals surface area contributed by atoms with E-state index in [1.54, 1.807) is 0 Å². The van der Waals surface area contributed by atoms with E-state index in [-0.39, 0.29) is 17.1 Å². The molecule has 1 aliphatic heterocycles. The van der Waals surface area contributed by atoms with Gasteiger partial charge in [0.15, 0.2) is 0 Å². The number of aliphatic carboxylic acids is 2. The Kier molecular flexibility index (Phi) is 8.87. The molecule has 23 heavy (non-hydrogen) atoms. The first kappa shape index (κ1) is 19.6. The Morgan fingerprint density at radius 2 is 1.61 bits per heavy atom. The lowest BCUT2D eigenvalue weighted by Gasteiger charge is -2.26. The molecule has 6 nitrogen and oxygen atoms in total. The van der Waals surface area contributed by atoms with E-state index in [0.29, 0.717) is 19.3 Å². The predicted molar refractivity (Wildman–Crippen MR) is 87.5 cm³/mol. The van der Waals surface area contributed by atoms with Crippen LogP contribution in [-0.2, 0) is 14.3 Å². The molecule has 0 aromatic carbocycles. The van der Waals surface area contributed by atoms with E-state index in [2.05, 4.69) is 4.90 Å². The van der Waals surface area contributed by atoms with Gasteiger partial charge in [-0.3, -0.25) is 4.90 Å². The Bertz CT molecular complexity index is 425. The van der Waals surface area contributed by atoms with Gasteiger partial charge in [-0.05, 0) is 38.1 Å². The first-order valence-corrected chi connectivity index (χ1v) is 8.40. The third-order valence-corrected chi connectivity index (χ3v) is 4.00. The van der Waals surface area contributed by atoms with E-state index in [1.807, 2.05) is 13.8 Å². The van der Waals surface area contributed by atoms with E-state index < -0.39 is 11.9 Å². The van der Waals surface area contributed by atoms with E-state index in [1.165, 1.54) is 0 Å². The van der Waals surface area contributed by atoms with E-state index in [0.717, 1.165) is 45.7 Å². The number of rotatable bonds is 10. The van der Waals surface area contributed by atoms with Crippen LogP contribution in [-0.4, -0.2) is 59.9 Å². The second-order valence-electron chi connectivity index (χ2n) is 6.43. The minimum atomic E-state index is -1.11.